The lowest BCUT2D eigenvalue weighted by Crippen LogP contribution is -2.23. The second-order valence-electron chi connectivity index (χ2n) is 6.55. The summed E-state index contributed by atoms with van der Waals surface area (Å²) in [7, 11) is -3.97. The van der Waals surface area contributed by atoms with Crippen molar-refractivity contribution in [3.05, 3.63) is 76.0 Å². The van der Waals surface area contributed by atoms with E-state index in [4.69, 9.17) is 27.9 Å². The molecule has 0 saturated heterocycles. The molecule has 0 fully saturated rings. The summed E-state index contributed by atoms with van der Waals surface area (Å²) in [5, 5.41) is 3.15. The number of hydrogen-bond donors (Lipinski definition) is 2. The standard InChI is InChI=1S/C21H19Cl2N3O4S/c1-3-25-21(27)17-10-15(5-6-19(17)30-16-9-14(22)11-24-12-16)26-31(28,29)20-7-4-13(2)8-18(20)23/h4-12,26H,3H2,1-2H3,(H,25,27). The Bertz CT molecular complexity index is 1230. The molecule has 0 saturated carbocycles. The van der Waals surface area contributed by atoms with E-state index < -0.39 is 15.9 Å². The van der Waals surface area contributed by atoms with Gasteiger partial charge in [-0.25, -0.2) is 8.42 Å². The van der Waals surface area contributed by atoms with E-state index >= 15 is 0 Å². The molecule has 0 atom stereocenters. The molecule has 2 N–H and O–H groups in total. The van der Waals surface area contributed by atoms with Crippen molar-refractivity contribution in [2.45, 2.75) is 18.7 Å². The van der Waals surface area contributed by atoms with Gasteiger partial charge in [0.15, 0.2) is 0 Å². The second-order valence-corrected chi connectivity index (χ2v) is 9.05. The number of nitrogens with one attached hydrogen (secondary N) is 2. The Balaban J connectivity index is 1.96. The third-order valence-corrected chi connectivity index (χ3v) is 6.17. The van der Waals surface area contributed by atoms with Crippen LogP contribution in [0.15, 0.2) is 59.8 Å². The van der Waals surface area contributed by atoms with Crippen LogP contribution in [0.1, 0.15) is 22.8 Å². The number of amides is 1. The van der Waals surface area contributed by atoms with E-state index in [1.807, 2.05) is 6.92 Å². The summed E-state index contributed by atoms with van der Waals surface area (Å²) in [6.45, 7) is 3.96. The van der Waals surface area contributed by atoms with Gasteiger partial charge in [-0.15, -0.1) is 0 Å². The number of hydrogen-bond acceptors (Lipinski definition) is 5. The van der Waals surface area contributed by atoms with Gasteiger partial charge in [0.2, 0.25) is 0 Å². The lowest BCUT2D eigenvalue weighted by Gasteiger charge is -2.14. The molecule has 1 heterocycles. The van der Waals surface area contributed by atoms with Crippen molar-refractivity contribution in [1.82, 2.24) is 10.3 Å². The highest BCUT2D eigenvalue weighted by molar-refractivity contribution is 7.92. The molecule has 162 valence electrons. The van der Waals surface area contributed by atoms with Crippen molar-refractivity contribution >= 4 is 44.8 Å². The van der Waals surface area contributed by atoms with E-state index in [2.05, 4.69) is 15.0 Å². The van der Waals surface area contributed by atoms with Crippen molar-refractivity contribution in [3.8, 4) is 11.5 Å². The van der Waals surface area contributed by atoms with Crippen molar-refractivity contribution in [3.63, 3.8) is 0 Å². The quantitative estimate of drug-likeness (QED) is 0.494. The zero-order chi connectivity index (χ0) is 22.6. The Morgan fingerprint density at radius 1 is 1.10 bits per heavy atom. The number of rotatable bonds is 7. The van der Waals surface area contributed by atoms with Gasteiger partial charge in [0.05, 0.1) is 21.8 Å². The Labute approximate surface area is 190 Å². The van der Waals surface area contributed by atoms with Gasteiger partial charge in [-0.2, -0.15) is 0 Å². The van der Waals surface area contributed by atoms with E-state index in [1.54, 1.807) is 25.1 Å². The molecule has 1 amide bonds. The third kappa shape index (κ3) is 5.66. The number of aryl methyl sites for hydroxylation is 1. The van der Waals surface area contributed by atoms with E-state index in [0.717, 1.165) is 5.56 Å². The molecular weight excluding hydrogens is 461 g/mol. The minimum absolute atomic E-state index is 0.0651. The van der Waals surface area contributed by atoms with Gasteiger partial charge in [-0.1, -0.05) is 29.3 Å². The normalized spacial score (nSPS) is 11.1. The van der Waals surface area contributed by atoms with Crippen molar-refractivity contribution in [1.29, 1.82) is 0 Å². The summed E-state index contributed by atoms with van der Waals surface area (Å²) in [5.74, 6) is 0.117. The van der Waals surface area contributed by atoms with Crippen LogP contribution in [-0.4, -0.2) is 25.9 Å². The summed E-state index contributed by atoms with van der Waals surface area (Å²) in [4.78, 5) is 16.4. The highest BCUT2D eigenvalue weighted by atomic mass is 35.5. The zero-order valence-corrected chi connectivity index (χ0v) is 19.0. The largest absolute Gasteiger partial charge is 0.455 e. The zero-order valence-electron chi connectivity index (χ0n) is 16.6. The molecule has 0 spiro atoms. The van der Waals surface area contributed by atoms with Crippen LogP contribution < -0.4 is 14.8 Å². The first-order valence-corrected chi connectivity index (χ1v) is 11.4. The van der Waals surface area contributed by atoms with Crippen molar-refractivity contribution in [2.24, 2.45) is 0 Å². The minimum Gasteiger partial charge on any atom is -0.455 e. The fourth-order valence-corrected chi connectivity index (χ4v) is 4.54. The Morgan fingerprint density at radius 3 is 2.55 bits per heavy atom. The van der Waals surface area contributed by atoms with Gasteiger partial charge in [-0.05, 0) is 49.7 Å². The highest BCUT2D eigenvalue weighted by Gasteiger charge is 2.20. The smallest absolute Gasteiger partial charge is 0.263 e. The average molecular weight is 480 g/mol. The molecule has 7 nitrogen and oxygen atoms in total. The average Bonchev–Trinajstić information content (AvgIpc) is 2.69. The number of pyridine rings is 1. The van der Waals surface area contributed by atoms with E-state index in [9.17, 15) is 13.2 Å². The first kappa shape index (κ1) is 22.9. The number of anilines is 1. The molecule has 0 aliphatic heterocycles. The fraction of sp³-hybridized carbons (Fsp3) is 0.143. The number of halogens is 2. The summed E-state index contributed by atoms with van der Waals surface area (Å²) in [6, 6.07) is 10.5. The number of carbonyl (C=O) groups excluding carboxylic acids is 1. The van der Waals surface area contributed by atoms with Crippen LogP contribution in [-0.2, 0) is 10.0 Å². The van der Waals surface area contributed by atoms with Gasteiger partial charge >= 0.3 is 0 Å². The molecule has 10 heteroatoms. The fourth-order valence-electron chi connectivity index (χ4n) is 2.72. The predicted octanol–water partition coefficient (Wildman–Crippen LogP) is 5.04. The molecule has 31 heavy (non-hydrogen) atoms. The van der Waals surface area contributed by atoms with Gasteiger partial charge in [-0.3, -0.25) is 14.5 Å². The van der Waals surface area contributed by atoms with Crippen LogP contribution in [0, 0.1) is 6.92 Å². The van der Waals surface area contributed by atoms with Crippen LogP contribution in [0.4, 0.5) is 5.69 Å². The highest BCUT2D eigenvalue weighted by Crippen LogP contribution is 2.31. The van der Waals surface area contributed by atoms with Crippen LogP contribution in [0.25, 0.3) is 0 Å². The maximum atomic E-state index is 12.8. The number of carbonyl (C=O) groups is 1. The summed E-state index contributed by atoms with van der Waals surface area (Å²) in [6.07, 6.45) is 2.90. The molecular formula is C21H19Cl2N3O4S. The molecule has 0 aliphatic carbocycles. The molecule has 2 aromatic carbocycles. The maximum absolute atomic E-state index is 12.8. The lowest BCUT2D eigenvalue weighted by molar-refractivity contribution is 0.0953. The minimum atomic E-state index is -3.97. The van der Waals surface area contributed by atoms with Crippen LogP contribution in [0.3, 0.4) is 0 Å². The van der Waals surface area contributed by atoms with E-state index in [-0.39, 0.29) is 26.9 Å². The van der Waals surface area contributed by atoms with Gasteiger partial charge in [0.25, 0.3) is 15.9 Å². The number of nitrogens with zero attached hydrogens (tertiary/aromatic N) is 1. The molecule has 1 aromatic heterocycles. The molecule has 3 aromatic rings. The van der Waals surface area contributed by atoms with Gasteiger partial charge in [0, 0.05) is 24.5 Å². The summed E-state index contributed by atoms with van der Waals surface area (Å²) < 4.78 is 33.8. The molecule has 0 radical (unpaired) electrons. The molecule has 0 unspecified atom stereocenters. The van der Waals surface area contributed by atoms with Gasteiger partial charge in [0.1, 0.15) is 16.4 Å². The number of benzene rings is 2. The van der Waals surface area contributed by atoms with Crippen molar-refractivity contribution in [2.75, 3.05) is 11.3 Å². The molecule has 0 aliphatic rings. The van der Waals surface area contributed by atoms with Crippen molar-refractivity contribution < 1.29 is 17.9 Å². The van der Waals surface area contributed by atoms with E-state index in [0.29, 0.717) is 17.3 Å². The second kappa shape index (κ2) is 9.55. The number of ether oxygens (including phenoxy) is 1. The predicted molar refractivity (Wildman–Crippen MR) is 121 cm³/mol. The Kier molecular flexibility index (Phi) is 7.04. The maximum Gasteiger partial charge on any atom is 0.263 e. The van der Waals surface area contributed by atoms with Crippen LogP contribution >= 0.6 is 23.2 Å². The molecule has 0 bridgehead atoms. The van der Waals surface area contributed by atoms with E-state index in [1.165, 1.54) is 36.7 Å². The Morgan fingerprint density at radius 2 is 1.87 bits per heavy atom. The SMILES string of the molecule is CCNC(=O)c1cc(NS(=O)(=O)c2ccc(C)cc2Cl)ccc1Oc1cncc(Cl)c1. The van der Waals surface area contributed by atoms with Gasteiger partial charge < -0.3 is 10.1 Å². The van der Waals surface area contributed by atoms with Crippen LogP contribution in [0.2, 0.25) is 10.0 Å². The monoisotopic (exact) mass is 479 g/mol. The number of sulfonamides is 1. The molecule has 3 rings (SSSR count). The number of aromatic nitrogens is 1. The van der Waals surface area contributed by atoms with Crippen LogP contribution in [0.5, 0.6) is 11.5 Å². The first-order chi connectivity index (χ1) is 14.7. The summed E-state index contributed by atoms with van der Waals surface area (Å²) in [5.41, 5.74) is 1.14. The third-order valence-electron chi connectivity index (χ3n) is 4.10. The Hall–Kier alpha value is -2.81. The first-order valence-electron chi connectivity index (χ1n) is 9.19. The lowest BCUT2D eigenvalue weighted by atomic mass is 10.1. The summed E-state index contributed by atoms with van der Waals surface area (Å²) >= 11 is 12.0. The topological polar surface area (TPSA) is 97.4 Å².